The van der Waals surface area contributed by atoms with E-state index < -0.39 is 4.32 Å². The Kier molecular flexibility index (Phi) is 3.48. The van der Waals surface area contributed by atoms with Gasteiger partial charge in [0.05, 0.1) is 15.5 Å². The van der Waals surface area contributed by atoms with Gasteiger partial charge in [0.25, 0.3) is 0 Å². The van der Waals surface area contributed by atoms with Gasteiger partial charge in [-0.25, -0.2) is 0 Å². The number of hydrogen-bond donors (Lipinski definition) is 0. The molecule has 0 unspecified atom stereocenters. The second kappa shape index (κ2) is 3.98. The van der Waals surface area contributed by atoms with E-state index >= 15 is 0 Å². The van der Waals surface area contributed by atoms with Crippen molar-refractivity contribution < 1.29 is 9.53 Å². The molecule has 0 N–H and O–H groups in total. The fourth-order valence-electron chi connectivity index (χ4n) is 2.31. The molecular formula is C12H22BrNO2. The van der Waals surface area contributed by atoms with Crippen LogP contribution in [0.5, 0.6) is 0 Å². The van der Waals surface area contributed by atoms with Crippen LogP contribution in [0.3, 0.4) is 0 Å². The Bertz CT molecular complexity index is 276. The van der Waals surface area contributed by atoms with Crippen molar-refractivity contribution in [3.8, 4) is 0 Å². The van der Waals surface area contributed by atoms with Gasteiger partial charge in [0.1, 0.15) is 0 Å². The first-order chi connectivity index (χ1) is 6.93. The van der Waals surface area contributed by atoms with E-state index in [-0.39, 0.29) is 17.1 Å². The number of nitrogens with zero attached hydrogens (tertiary/aromatic N) is 1. The third-order valence-electron chi connectivity index (χ3n) is 2.49. The Hall–Kier alpha value is -0.0900. The number of alkyl halides is 1. The summed E-state index contributed by atoms with van der Waals surface area (Å²) in [5.41, 5.74) is -0.564. The predicted molar refractivity (Wildman–Crippen MR) is 68.8 cm³/mol. The Morgan fingerprint density at radius 1 is 1.19 bits per heavy atom. The second-order valence-electron chi connectivity index (χ2n) is 6.26. The van der Waals surface area contributed by atoms with Crippen LogP contribution >= 0.6 is 15.9 Å². The maximum Gasteiger partial charge on any atom is 0.239 e. The minimum atomic E-state index is -0.503. The molecular weight excluding hydrogens is 270 g/mol. The van der Waals surface area contributed by atoms with Crippen LogP contribution in [0, 0.1) is 0 Å². The molecule has 1 saturated heterocycles. The number of rotatable bonds is 1. The minimum absolute atomic E-state index is 0.122. The van der Waals surface area contributed by atoms with Crippen LogP contribution in [-0.4, -0.2) is 39.4 Å². The molecule has 1 amide bonds. The van der Waals surface area contributed by atoms with E-state index in [1.165, 1.54) is 0 Å². The van der Waals surface area contributed by atoms with Crippen LogP contribution in [0.15, 0.2) is 0 Å². The lowest BCUT2D eigenvalue weighted by Crippen LogP contribution is -2.60. The zero-order chi connectivity index (χ0) is 12.8. The lowest BCUT2D eigenvalue weighted by atomic mass is 9.97. The Balaban J connectivity index is 2.87. The van der Waals surface area contributed by atoms with Gasteiger partial charge in [-0.05, 0) is 41.5 Å². The molecule has 1 aliphatic rings. The van der Waals surface area contributed by atoms with Crippen LogP contribution in [0.2, 0.25) is 0 Å². The molecule has 0 radical (unpaired) electrons. The molecule has 0 atom stereocenters. The fourth-order valence-corrected chi connectivity index (χ4v) is 2.56. The lowest BCUT2D eigenvalue weighted by Gasteiger charge is -2.48. The molecule has 16 heavy (non-hydrogen) atoms. The van der Waals surface area contributed by atoms with E-state index in [0.717, 1.165) is 0 Å². The van der Waals surface area contributed by atoms with Gasteiger partial charge in [-0.1, -0.05) is 15.9 Å². The first-order valence-corrected chi connectivity index (χ1v) is 6.41. The van der Waals surface area contributed by atoms with E-state index in [1.807, 2.05) is 46.4 Å². The SMILES string of the molecule is CC1(C)CN(C(=O)C(C)(C)Br)CC(C)(C)O1. The summed E-state index contributed by atoms with van der Waals surface area (Å²) in [6.07, 6.45) is 0. The maximum atomic E-state index is 12.2. The molecule has 3 nitrogen and oxygen atoms in total. The van der Waals surface area contributed by atoms with Gasteiger partial charge in [-0.3, -0.25) is 4.79 Å². The molecule has 4 heteroatoms. The zero-order valence-electron chi connectivity index (χ0n) is 11.1. The van der Waals surface area contributed by atoms with E-state index in [0.29, 0.717) is 13.1 Å². The van der Waals surface area contributed by atoms with Crippen LogP contribution in [0.25, 0.3) is 0 Å². The van der Waals surface area contributed by atoms with Gasteiger partial charge >= 0.3 is 0 Å². The van der Waals surface area contributed by atoms with Crippen molar-refractivity contribution in [3.63, 3.8) is 0 Å². The van der Waals surface area contributed by atoms with Crippen molar-refractivity contribution in [2.75, 3.05) is 13.1 Å². The van der Waals surface area contributed by atoms with Crippen molar-refractivity contribution >= 4 is 21.8 Å². The van der Waals surface area contributed by atoms with Crippen molar-refractivity contribution in [2.24, 2.45) is 0 Å². The molecule has 0 saturated carbocycles. The van der Waals surface area contributed by atoms with Gasteiger partial charge in [0.15, 0.2) is 0 Å². The standard InChI is InChI=1S/C12H22BrNO2/c1-10(2)7-14(8-11(3,4)16-10)9(15)12(5,6)13/h7-8H2,1-6H3. The molecule has 0 aromatic carbocycles. The summed E-state index contributed by atoms with van der Waals surface area (Å²) in [4.78, 5) is 14.1. The number of carbonyl (C=O) groups is 1. The summed E-state index contributed by atoms with van der Waals surface area (Å²) in [5.74, 6) is 0.122. The van der Waals surface area contributed by atoms with E-state index in [2.05, 4.69) is 15.9 Å². The predicted octanol–water partition coefficient (Wildman–Crippen LogP) is 2.58. The van der Waals surface area contributed by atoms with E-state index in [1.54, 1.807) is 0 Å². The highest BCUT2D eigenvalue weighted by molar-refractivity contribution is 9.10. The summed E-state index contributed by atoms with van der Waals surface area (Å²) in [6.45, 7) is 13.1. The fraction of sp³-hybridized carbons (Fsp3) is 0.917. The topological polar surface area (TPSA) is 29.5 Å². The Morgan fingerprint density at radius 2 is 1.56 bits per heavy atom. The normalized spacial score (nSPS) is 24.3. The average Bonchev–Trinajstić information content (AvgIpc) is 1.94. The number of carbonyl (C=O) groups excluding carboxylic acids is 1. The molecule has 1 rings (SSSR count). The highest BCUT2D eigenvalue weighted by Gasteiger charge is 2.42. The number of halogens is 1. The highest BCUT2D eigenvalue weighted by Crippen LogP contribution is 2.30. The monoisotopic (exact) mass is 291 g/mol. The summed E-state index contributed by atoms with van der Waals surface area (Å²) in [7, 11) is 0. The first-order valence-electron chi connectivity index (χ1n) is 5.61. The molecule has 1 fully saturated rings. The summed E-state index contributed by atoms with van der Waals surface area (Å²) in [6, 6.07) is 0. The van der Waals surface area contributed by atoms with Crippen molar-refractivity contribution in [2.45, 2.75) is 57.1 Å². The molecule has 1 heterocycles. The molecule has 0 bridgehead atoms. The molecule has 0 spiro atoms. The number of morpholine rings is 1. The minimum Gasteiger partial charge on any atom is -0.366 e. The molecule has 0 aromatic heterocycles. The number of hydrogen-bond acceptors (Lipinski definition) is 2. The molecule has 94 valence electrons. The van der Waals surface area contributed by atoms with E-state index in [4.69, 9.17) is 4.74 Å². The van der Waals surface area contributed by atoms with Gasteiger partial charge in [0.2, 0.25) is 5.91 Å². The third kappa shape index (κ3) is 3.45. The highest BCUT2D eigenvalue weighted by atomic mass is 79.9. The van der Waals surface area contributed by atoms with E-state index in [9.17, 15) is 4.79 Å². The van der Waals surface area contributed by atoms with Crippen molar-refractivity contribution in [1.82, 2.24) is 4.90 Å². The Labute approximate surface area is 107 Å². The molecule has 1 aliphatic heterocycles. The van der Waals surface area contributed by atoms with Crippen LogP contribution < -0.4 is 0 Å². The van der Waals surface area contributed by atoms with Gasteiger partial charge in [0, 0.05) is 13.1 Å². The quantitative estimate of drug-likeness (QED) is 0.695. The smallest absolute Gasteiger partial charge is 0.239 e. The lowest BCUT2D eigenvalue weighted by molar-refractivity contribution is -0.188. The summed E-state index contributed by atoms with van der Waals surface area (Å²) < 4.78 is 5.44. The van der Waals surface area contributed by atoms with Crippen LogP contribution in [0.1, 0.15) is 41.5 Å². The van der Waals surface area contributed by atoms with Crippen LogP contribution in [-0.2, 0) is 9.53 Å². The summed E-state index contributed by atoms with van der Waals surface area (Å²) >= 11 is 3.42. The molecule has 0 aliphatic carbocycles. The third-order valence-corrected chi connectivity index (χ3v) is 2.83. The number of amides is 1. The van der Waals surface area contributed by atoms with Gasteiger partial charge in [-0.2, -0.15) is 0 Å². The van der Waals surface area contributed by atoms with Crippen molar-refractivity contribution in [3.05, 3.63) is 0 Å². The second-order valence-corrected chi connectivity index (χ2v) is 8.24. The van der Waals surface area contributed by atoms with Crippen LogP contribution in [0.4, 0.5) is 0 Å². The number of ether oxygens (including phenoxy) is 1. The first kappa shape index (κ1) is 14.0. The molecule has 0 aromatic rings. The zero-order valence-corrected chi connectivity index (χ0v) is 12.6. The van der Waals surface area contributed by atoms with Gasteiger partial charge < -0.3 is 9.64 Å². The van der Waals surface area contributed by atoms with Gasteiger partial charge in [-0.15, -0.1) is 0 Å². The largest absolute Gasteiger partial charge is 0.366 e. The summed E-state index contributed by atoms with van der Waals surface area (Å²) in [5, 5.41) is 0. The van der Waals surface area contributed by atoms with Crippen molar-refractivity contribution in [1.29, 1.82) is 0 Å². The maximum absolute atomic E-state index is 12.2. The average molecular weight is 292 g/mol. The Morgan fingerprint density at radius 3 is 1.88 bits per heavy atom.